The molecule has 0 aliphatic heterocycles. The number of halogens is 3. The second-order valence-electron chi connectivity index (χ2n) is 10.2. The van der Waals surface area contributed by atoms with E-state index >= 15 is 0 Å². The zero-order chi connectivity index (χ0) is 29.7. The number of anilines is 1. The summed E-state index contributed by atoms with van der Waals surface area (Å²) >= 11 is 18.9. The summed E-state index contributed by atoms with van der Waals surface area (Å²) in [6.07, 6.45) is 3.84. The maximum atomic E-state index is 14.1. The van der Waals surface area contributed by atoms with Crippen LogP contribution in [0.3, 0.4) is 0 Å². The Kier molecular flexibility index (Phi) is 10.2. The predicted octanol–water partition coefficient (Wildman–Crippen LogP) is 6.63. The second-order valence-corrected chi connectivity index (χ2v) is 13.4. The van der Waals surface area contributed by atoms with Gasteiger partial charge >= 0.3 is 0 Å². The van der Waals surface area contributed by atoms with Crippen molar-refractivity contribution in [3.63, 3.8) is 0 Å². The molecule has 7 nitrogen and oxygen atoms in total. The molecule has 4 rings (SSSR count). The van der Waals surface area contributed by atoms with E-state index in [9.17, 15) is 18.0 Å². The van der Waals surface area contributed by atoms with Gasteiger partial charge < -0.3 is 10.2 Å². The fraction of sp³-hybridized carbons (Fsp3) is 0.333. The highest BCUT2D eigenvalue weighted by molar-refractivity contribution is 7.92. The van der Waals surface area contributed by atoms with Crippen LogP contribution in [0, 0.1) is 6.92 Å². The second kappa shape index (κ2) is 13.5. The van der Waals surface area contributed by atoms with Crippen LogP contribution in [0.4, 0.5) is 5.69 Å². The zero-order valence-electron chi connectivity index (χ0n) is 22.8. The molecule has 218 valence electrons. The largest absolute Gasteiger partial charge is 0.352 e. The highest BCUT2D eigenvalue weighted by Crippen LogP contribution is 2.30. The number of benzene rings is 3. The van der Waals surface area contributed by atoms with Crippen molar-refractivity contribution < 1.29 is 18.0 Å². The van der Waals surface area contributed by atoms with Gasteiger partial charge in [0, 0.05) is 27.7 Å². The lowest BCUT2D eigenvalue weighted by Crippen LogP contribution is -2.52. The van der Waals surface area contributed by atoms with Crippen LogP contribution in [-0.2, 0) is 26.2 Å². The molecule has 3 aromatic rings. The number of carbonyl (C=O) groups excluding carboxylic acids is 2. The summed E-state index contributed by atoms with van der Waals surface area (Å²) in [7, 11) is -4.24. The van der Waals surface area contributed by atoms with Crippen molar-refractivity contribution >= 4 is 62.3 Å². The van der Waals surface area contributed by atoms with Gasteiger partial charge in [-0.15, -0.1) is 0 Å². The van der Waals surface area contributed by atoms with Crippen LogP contribution in [0.5, 0.6) is 0 Å². The van der Waals surface area contributed by atoms with Gasteiger partial charge in [-0.05, 0) is 68.7 Å². The van der Waals surface area contributed by atoms with Crippen molar-refractivity contribution in [1.29, 1.82) is 0 Å². The van der Waals surface area contributed by atoms with Gasteiger partial charge in [-0.2, -0.15) is 0 Å². The summed E-state index contributed by atoms with van der Waals surface area (Å²) in [5.41, 5.74) is 1.63. The van der Waals surface area contributed by atoms with E-state index in [0.29, 0.717) is 10.6 Å². The molecule has 0 aromatic heterocycles. The average Bonchev–Trinajstić information content (AvgIpc) is 3.43. The molecular weight excluding hydrogens is 605 g/mol. The molecule has 0 radical (unpaired) electrons. The standard InChI is InChI=1S/C30H32Cl3N3O4S/c1-20-11-13-27(14-12-20)41(39,40)36(26-16-23(31)15-24(32)17-26)19-29(37)35(18-22-7-3-6-10-28(22)33)21(2)30(38)34-25-8-4-5-9-25/h3,6-7,10-17,21,25H,4-5,8-9,18-19H2,1-2H3,(H,34,38)/t21-/m1/s1. The Balaban J connectivity index is 1.72. The Morgan fingerprint density at radius 3 is 2.17 bits per heavy atom. The highest BCUT2D eigenvalue weighted by atomic mass is 35.5. The fourth-order valence-corrected chi connectivity index (χ4v) is 6.94. The minimum absolute atomic E-state index is 0.00308. The van der Waals surface area contributed by atoms with E-state index < -0.39 is 28.5 Å². The summed E-state index contributed by atoms with van der Waals surface area (Å²) in [5.74, 6) is -0.901. The first-order chi connectivity index (χ1) is 19.5. The Hall–Kier alpha value is -2.78. The van der Waals surface area contributed by atoms with Crippen molar-refractivity contribution in [2.45, 2.75) is 63.1 Å². The van der Waals surface area contributed by atoms with Crippen LogP contribution < -0.4 is 9.62 Å². The monoisotopic (exact) mass is 635 g/mol. The van der Waals surface area contributed by atoms with E-state index in [1.807, 2.05) is 6.92 Å². The third kappa shape index (κ3) is 7.74. The van der Waals surface area contributed by atoms with Crippen LogP contribution >= 0.6 is 34.8 Å². The quantitative estimate of drug-likeness (QED) is 0.271. The number of carbonyl (C=O) groups is 2. The van der Waals surface area contributed by atoms with E-state index in [1.165, 1.54) is 35.2 Å². The van der Waals surface area contributed by atoms with E-state index in [2.05, 4.69) is 5.32 Å². The van der Waals surface area contributed by atoms with Crippen molar-refractivity contribution in [1.82, 2.24) is 10.2 Å². The van der Waals surface area contributed by atoms with Crippen molar-refractivity contribution in [2.24, 2.45) is 0 Å². The van der Waals surface area contributed by atoms with Gasteiger partial charge in [0.05, 0.1) is 10.6 Å². The number of nitrogens with zero attached hydrogens (tertiary/aromatic N) is 2. The molecule has 11 heteroatoms. The molecule has 1 N–H and O–H groups in total. The molecule has 1 saturated carbocycles. The first kappa shape index (κ1) is 31.2. The summed E-state index contributed by atoms with van der Waals surface area (Å²) in [6, 6.07) is 16.8. The van der Waals surface area contributed by atoms with Gasteiger partial charge in [0.25, 0.3) is 10.0 Å². The first-order valence-corrected chi connectivity index (χ1v) is 15.9. The average molecular weight is 637 g/mol. The van der Waals surface area contributed by atoms with Crippen molar-refractivity contribution in [3.8, 4) is 0 Å². The van der Waals surface area contributed by atoms with Gasteiger partial charge in [0.2, 0.25) is 11.8 Å². The van der Waals surface area contributed by atoms with E-state index in [1.54, 1.807) is 43.3 Å². The molecule has 0 unspecified atom stereocenters. The third-order valence-corrected chi connectivity index (χ3v) is 9.78. The number of hydrogen-bond donors (Lipinski definition) is 1. The smallest absolute Gasteiger partial charge is 0.264 e. The number of aryl methyl sites for hydroxylation is 1. The Labute approximate surface area is 256 Å². The van der Waals surface area contributed by atoms with E-state index in [0.717, 1.165) is 35.6 Å². The molecule has 0 saturated heterocycles. The molecule has 3 aromatic carbocycles. The predicted molar refractivity (Wildman–Crippen MR) is 164 cm³/mol. The summed E-state index contributed by atoms with van der Waals surface area (Å²) in [4.78, 5) is 28.7. The molecule has 2 amide bonds. The fourth-order valence-electron chi connectivity index (χ4n) is 4.83. The van der Waals surface area contributed by atoms with Crippen LogP contribution in [0.1, 0.15) is 43.7 Å². The summed E-state index contributed by atoms with van der Waals surface area (Å²) in [5, 5.41) is 3.89. The van der Waals surface area contributed by atoms with Gasteiger partial charge in [-0.3, -0.25) is 13.9 Å². The molecule has 0 heterocycles. The minimum Gasteiger partial charge on any atom is -0.352 e. The highest BCUT2D eigenvalue weighted by Gasteiger charge is 2.34. The molecule has 1 atom stereocenters. The van der Waals surface area contributed by atoms with Crippen LogP contribution in [0.2, 0.25) is 15.1 Å². The van der Waals surface area contributed by atoms with Crippen LogP contribution in [-0.4, -0.2) is 43.8 Å². The van der Waals surface area contributed by atoms with Crippen molar-refractivity contribution in [2.75, 3.05) is 10.8 Å². The lowest BCUT2D eigenvalue weighted by Gasteiger charge is -2.32. The minimum atomic E-state index is -4.24. The number of nitrogens with one attached hydrogen (secondary N) is 1. The topological polar surface area (TPSA) is 86.8 Å². The van der Waals surface area contributed by atoms with Gasteiger partial charge in [0.15, 0.2) is 0 Å². The third-order valence-electron chi connectivity index (χ3n) is 7.19. The van der Waals surface area contributed by atoms with Gasteiger partial charge in [-0.1, -0.05) is 83.5 Å². The van der Waals surface area contributed by atoms with Crippen molar-refractivity contribution in [3.05, 3.63) is 92.9 Å². The molecule has 0 spiro atoms. The first-order valence-electron chi connectivity index (χ1n) is 13.3. The normalized spacial score (nSPS) is 14.5. The van der Waals surface area contributed by atoms with E-state index in [-0.39, 0.29) is 39.1 Å². The number of amides is 2. The number of rotatable bonds is 10. The lowest BCUT2D eigenvalue weighted by molar-refractivity contribution is -0.139. The van der Waals surface area contributed by atoms with Crippen LogP contribution in [0.25, 0.3) is 0 Å². The van der Waals surface area contributed by atoms with E-state index in [4.69, 9.17) is 34.8 Å². The number of hydrogen-bond acceptors (Lipinski definition) is 4. The molecule has 0 bridgehead atoms. The molecule has 1 fully saturated rings. The maximum absolute atomic E-state index is 14.1. The SMILES string of the molecule is Cc1ccc(S(=O)(=O)N(CC(=O)N(Cc2ccccc2Cl)[C@H](C)C(=O)NC2CCCC2)c2cc(Cl)cc(Cl)c2)cc1. The Morgan fingerprint density at radius 2 is 1.56 bits per heavy atom. The number of sulfonamides is 1. The molecule has 1 aliphatic rings. The maximum Gasteiger partial charge on any atom is 0.264 e. The summed E-state index contributed by atoms with van der Waals surface area (Å²) < 4.78 is 28.9. The summed E-state index contributed by atoms with van der Waals surface area (Å²) in [6.45, 7) is 2.89. The Morgan fingerprint density at radius 1 is 0.951 bits per heavy atom. The molecule has 41 heavy (non-hydrogen) atoms. The lowest BCUT2D eigenvalue weighted by atomic mass is 10.1. The molecular formula is C30H32Cl3N3O4S. The molecule has 1 aliphatic carbocycles. The Bertz CT molecular complexity index is 1490. The van der Waals surface area contributed by atoms with Gasteiger partial charge in [-0.25, -0.2) is 8.42 Å². The zero-order valence-corrected chi connectivity index (χ0v) is 25.9. The van der Waals surface area contributed by atoms with Crippen LogP contribution in [0.15, 0.2) is 71.6 Å². The van der Waals surface area contributed by atoms with Gasteiger partial charge in [0.1, 0.15) is 12.6 Å².